The fourth-order valence-electron chi connectivity index (χ4n) is 2.19. The fraction of sp³-hybridized carbons (Fsp3) is 0.467. The maximum absolute atomic E-state index is 14.3. The molecule has 12 heteroatoms. The molecule has 0 unspecified atom stereocenters. The second kappa shape index (κ2) is 10.1. The third kappa shape index (κ3) is 6.85. The molecule has 0 aliphatic carbocycles. The summed E-state index contributed by atoms with van der Waals surface area (Å²) in [5, 5.41) is 6.40. The van der Waals surface area contributed by atoms with Crippen molar-refractivity contribution >= 4 is 44.0 Å². The van der Waals surface area contributed by atoms with E-state index in [0.29, 0.717) is 12.2 Å². The van der Waals surface area contributed by atoms with Gasteiger partial charge in [0.2, 0.25) is 5.13 Å². The van der Waals surface area contributed by atoms with E-state index in [4.69, 9.17) is 17.3 Å². The lowest BCUT2D eigenvalue weighted by Crippen LogP contribution is -2.31. The van der Waals surface area contributed by atoms with Gasteiger partial charge in [0.05, 0.1) is 10.7 Å². The smallest absolute Gasteiger partial charge is 0.266 e. The summed E-state index contributed by atoms with van der Waals surface area (Å²) < 4.78 is 44.8. The van der Waals surface area contributed by atoms with Crippen LogP contribution in [0, 0.1) is 5.82 Å². The van der Waals surface area contributed by atoms with Crippen molar-refractivity contribution in [3.8, 4) is 0 Å². The van der Waals surface area contributed by atoms with Crippen molar-refractivity contribution in [3.05, 3.63) is 29.3 Å². The van der Waals surface area contributed by atoms with Crippen LogP contribution in [0.1, 0.15) is 19.8 Å². The summed E-state index contributed by atoms with van der Waals surface area (Å²) in [7, 11) is -4.14. The number of sulfonamides is 1. The van der Waals surface area contributed by atoms with Crippen LogP contribution in [0.4, 0.5) is 15.2 Å². The summed E-state index contributed by atoms with van der Waals surface area (Å²) in [6.07, 6.45) is 2.95. The number of aromatic nitrogens is 2. The highest BCUT2D eigenvalue weighted by Gasteiger charge is 2.22. The predicted molar refractivity (Wildman–Crippen MR) is 106 cm³/mol. The van der Waals surface area contributed by atoms with Crippen LogP contribution in [0.3, 0.4) is 0 Å². The number of hydrogen-bond donors (Lipinski definition) is 4. The number of halogens is 2. The molecule has 5 N–H and O–H groups in total. The minimum atomic E-state index is -4.14. The number of rotatable bonds is 11. The van der Waals surface area contributed by atoms with E-state index in [0.717, 1.165) is 49.6 Å². The maximum Gasteiger partial charge on any atom is 0.266 e. The van der Waals surface area contributed by atoms with Crippen LogP contribution < -0.4 is 21.1 Å². The monoisotopic (exact) mass is 436 g/mol. The Morgan fingerprint density at radius 3 is 2.74 bits per heavy atom. The van der Waals surface area contributed by atoms with E-state index in [1.807, 2.05) is 6.92 Å². The van der Waals surface area contributed by atoms with Gasteiger partial charge in [0.1, 0.15) is 17.0 Å². The molecule has 0 aliphatic heterocycles. The summed E-state index contributed by atoms with van der Waals surface area (Å²) in [6.45, 7) is 4.09. The quantitative estimate of drug-likeness (QED) is 0.398. The van der Waals surface area contributed by atoms with Crippen molar-refractivity contribution in [2.45, 2.75) is 30.7 Å². The van der Waals surface area contributed by atoms with Gasteiger partial charge < -0.3 is 16.4 Å². The highest BCUT2D eigenvalue weighted by molar-refractivity contribution is 7.93. The van der Waals surface area contributed by atoms with Gasteiger partial charge in [-0.2, -0.15) is 4.37 Å². The zero-order valence-corrected chi connectivity index (χ0v) is 17.1. The van der Waals surface area contributed by atoms with Gasteiger partial charge in [-0.25, -0.2) is 17.8 Å². The van der Waals surface area contributed by atoms with Gasteiger partial charge in [-0.3, -0.25) is 4.72 Å². The average molecular weight is 437 g/mol. The number of nitrogens with one attached hydrogen (secondary N) is 3. The summed E-state index contributed by atoms with van der Waals surface area (Å²) >= 11 is 6.96. The van der Waals surface area contributed by atoms with Crippen LogP contribution in [0.25, 0.3) is 0 Å². The number of anilines is 2. The first-order valence-corrected chi connectivity index (χ1v) is 10.9. The predicted octanol–water partition coefficient (Wildman–Crippen LogP) is 2.26. The molecule has 0 radical (unpaired) electrons. The van der Waals surface area contributed by atoms with Crippen LogP contribution >= 0.6 is 23.1 Å². The maximum atomic E-state index is 14.3. The lowest BCUT2D eigenvalue weighted by atomic mass is 10.2. The summed E-state index contributed by atoms with van der Waals surface area (Å²) in [5.74, 6) is -0.905. The summed E-state index contributed by atoms with van der Waals surface area (Å²) in [4.78, 5) is 3.17. The second-order valence-electron chi connectivity index (χ2n) is 5.93. The van der Waals surface area contributed by atoms with Crippen LogP contribution in [-0.4, -0.2) is 43.5 Å². The van der Waals surface area contributed by atoms with E-state index in [-0.39, 0.29) is 16.2 Å². The molecule has 1 aromatic heterocycles. The van der Waals surface area contributed by atoms with Gasteiger partial charge in [-0.05, 0) is 38.4 Å². The molecule has 0 fully saturated rings. The molecular weight excluding hydrogens is 415 g/mol. The Labute approximate surface area is 166 Å². The molecule has 2 aromatic rings. The summed E-state index contributed by atoms with van der Waals surface area (Å²) in [5.41, 5.74) is 5.98. The van der Waals surface area contributed by atoms with Crippen molar-refractivity contribution in [1.29, 1.82) is 0 Å². The number of nitrogens with zero attached hydrogens (tertiary/aromatic N) is 2. The van der Waals surface area contributed by atoms with Crippen molar-refractivity contribution in [2.24, 2.45) is 5.73 Å². The Morgan fingerprint density at radius 1 is 1.33 bits per heavy atom. The molecule has 0 bridgehead atoms. The Kier molecular flexibility index (Phi) is 8.17. The highest BCUT2D eigenvalue weighted by atomic mass is 35.5. The largest absolute Gasteiger partial charge is 0.384 e. The number of nitrogens with two attached hydrogens (primary N) is 1. The van der Waals surface area contributed by atoms with Crippen LogP contribution in [0.2, 0.25) is 5.02 Å². The van der Waals surface area contributed by atoms with Crippen LogP contribution in [-0.2, 0) is 10.0 Å². The number of unbranched alkanes of at least 4 members (excludes halogenated alkanes) is 1. The molecule has 0 saturated heterocycles. The molecule has 1 heterocycles. The third-order valence-corrected chi connectivity index (χ3v) is 5.83. The lowest BCUT2D eigenvalue weighted by Gasteiger charge is -2.12. The number of hydrogen-bond acceptors (Lipinski definition) is 8. The van der Waals surface area contributed by atoms with Gasteiger partial charge in [0.25, 0.3) is 10.0 Å². The van der Waals surface area contributed by atoms with Crippen LogP contribution in [0.5, 0.6) is 0 Å². The van der Waals surface area contributed by atoms with Crippen molar-refractivity contribution in [2.75, 3.05) is 29.7 Å². The van der Waals surface area contributed by atoms with Gasteiger partial charge in [0, 0.05) is 30.7 Å². The topological polar surface area (TPSA) is 122 Å². The van der Waals surface area contributed by atoms with E-state index in [2.05, 4.69) is 24.7 Å². The first-order valence-electron chi connectivity index (χ1n) is 8.28. The SMILES string of the molecule is C[C@H](N)CNCCCCNc1cc(F)c(S(=O)(=O)Nc2ncns2)cc1Cl. The Balaban J connectivity index is 1.92. The van der Waals surface area contributed by atoms with Gasteiger partial charge in [0.15, 0.2) is 0 Å². The minimum absolute atomic E-state index is 0.0466. The number of benzene rings is 1. The van der Waals surface area contributed by atoms with Gasteiger partial charge in [-0.1, -0.05) is 11.6 Å². The zero-order chi connectivity index (χ0) is 19.9. The second-order valence-corrected chi connectivity index (χ2v) is 8.77. The molecule has 0 aliphatic rings. The first-order chi connectivity index (χ1) is 12.8. The fourth-order valence-corrected chi connectivity index (χ4v) is 4.23. The summed E-state index contributed by atoms with van der Waals surface area (Å²) in [6, 6.07) is 2.26. The molecule has 2 rings (SSSR count). The molecule has 0 spiro atoms. The molecular formula is C15H22ClFN6O2S2. The Hall–Kier alpha value is -1.53. The molecule has 0 amide bonds. The highest BCUT2D eigenvalue weighted by Crippen LogP contribution is 2.29. The average Bonchev–Trinajstić information content (AvgIpc) is 3.08. The normalized spacial score (nSPS) is 12.7. The van der Waals surface area contributed by atoms with Gasteiger partial charge in [-0.15, -0.1) is 0 Å². The van der Waals surface area contributed by atoms with Crippen molar-refractivity contribution in [3.63, 3.8) is 0 Å². The molecule has 1 atom stereocenters. The van der Waals surface area contributed by atoms with Crippen molar-refractivity contribution in [1.82, 2.24) is 14.7 Å². The molecule has 1 aromatic carbocycles. The molecule has 0 saturated carbocycles. The van der Waals surface area contributed by atoms with Crippen molar-refractivity contribution < 1.29 is 12.8 Å². The Morgan fingerprint density at radius 2 is 2.07 bits per heavy atom. The first kappa shape index (κ1) is 21.8. The minimum Gasteiger partial charge on any atom is -0.384 e. The van der Waals surface area contributed by atoms with E-state index >= 15 is 0 Å². The van der Waals surface area contributed by atoms with Crippen LogP contribution in [0.15, 0.2) is 23.4 Å². The van der Waals surface area contributed by atoms with E-state index in [1.54, 1.807) is 0 Å². The van der Waals surface area contributed by atoms with E-state index in [1.165, 1.54) is 6.33 Å². The molecule has 150 valence electrons. The third-order valence-electron chi connectivity index (χ3n) is 3.46. The van der Waals surface area contributed by atoms with E-state index in [9.17, 15) is 12.8 Å². The van der Waals surface area contributed by atoms with E-state index < -0.39 is 20.7 Å². The molecule has 27 heavy (non-hydrogen) atoms. The lowest BCUT2D eigenvalue weighted by molar-refractivity contribution is 0.570. The van der Waals surface area contributed by atoms with Gasteiger partial charge >= 0.3 is 0 Å². The standard InChI is InChI=1S/C15H22ClFN6O2S2/c1-10(18)8-19-4-2-3-5-20-13-7-12(17)14(6-11(13)16)27(24,25)23-15-21-9-22-26-15/h6-7,9-10,19-20H,2-5,8,18H2,1H3,(H,21,22,23)/t10-/m0/s1. The molecule has 8 nitrogen and oxygen atoms in total. The zero-order valence-electron chi connectivity index (χ0n) is 14.7. The Bertz CT molecular complexity index is 833.